The van der Waals surface area contributed by atoms with Crippen LogP contribution in [0, 0.1) is 0 Å². The number of nitrogens with one attached hydrogen (secondary N) is 2. The van der Waals surface area contributed by atoms with E-state index >= 15 is 0 Å². The highest BCUT2D eigenvalue weighted by Gasteiger charge is 2.11. The van der Waals surface area contributed by atoms with E-state index in [1.807, 2.05) is 54.6 Å². The van der Waals surface area contributed by atoms with Crippen molar-refractivity contribution in [3.63, 3.8) is 0 Å². The van der Waals surface area contributed by atoms with E-state index in [-0.39, 0.29) is 18.3 Å². The minimum atomic E-state index is -0.154. The number of benzene rings is 3. The molecule has 0 aliphatic rings. The summed E-state index contributed by atoms with van der Waals surface area (Å²) >= 11 is 0. The number of aromatic nitrogens is 2. The van der Waals surface area contributed by atoms with Gasteiger partial charge in [-0.25, -0.2) is 9.97 Å². The molecule has 0 aliphatic carbocycles. The summed E-state index contributed by atoms with van der Waals surface area (Å²) in [4.78, 5) is 20.9. The number of halogens is 1. The monoisotopic (exact) mass is 436 g/mol. The van der Waals surface area contributed by atoms with E-state index in [4.69, 9.17) is 9.47 Å². The van der Waals surface area contributed by atoms with Gasteiger partial charge in [0.15, 0.2) is 11.5 Å². The van der Waals surface area contributed by atoms with Crippen LogP contribution >= 0.6 is 12.4 Å². The van der Waals surface area contributed by atoms with Crippen molar-refractivity contribution in [2.45, 2.75) is 0 Å². The fourth-order valence-corrected chi connectivity index (χ4v) is 3.05. The third kappa shape index (κ3) is 4.84. The van der Waals surface area contributed by atoms with Crippen LogP contribution in [0.3, 0.4) is 0 Å². The Kier molecular flexibility index (Phi) is 6.89. The van der Waals surface area contributed by atoms with Gasteiger partial charge in [0.2, 0.25) is 0 Å². The summed E-state index contributed by atoms with van der Waals surface area (Å²) in [6.45, 7) is 0. The molecule has 8 heteroatoms. The predicted octanol–water partition coefficient (Wildman–Crippen LogP) is 5.06. The summed E-state index contributed by atoms with van der Waals surface area (Å²) in [7, 11) is 3.17. The van der Waals surface area contributed by atoms with E-state index in [1.54, 1.807) is 26.4 Å². The average molecular weight is 437 g/mol. The summed E-state index contributed by atoms with van der Waals surface area (Å²) in [6, 6.07) is 20.1. The molecule has 0 radical (unpaired) electrons. The van der Waals surface area contributed by atoms with Crippen molar-refractivity contribution in [2.24, 2.45) is 0 Å². The van der Waals surface area contributed by atoms with Crippen molar-refractivity contribution in [1.82, 2.24) is 9.97 Å². The Bertz CT molecular complexity index is 1180. The Morgan fingerprint density at radius 2 is 1.48 bits per heavy atom. The van der Waals surface area contributed by atoms with Crippen LogP contribution in [0.2, 0.25) is 0 Å². The highest BCUT2D eigenvalue weighted by Crippen LogP contribution is 2.34. The van der Waals surface area contributed by atoms with E-state index in [9.17, 15) is 4.79 Å². The smallest absolute Gasteiger partial charge is 0.255 e. The van der Waals surface area contributed by atoms with Gasteiger partial charge < -0.3 is 20.1 Å². The van der Waals surface area contributed by atoms with Gasteiger partial charge >= 0.3 is 0 Å². The number of amides is 1. The molecule has 0 aliphatic heterocycles. The predicted molar refractivity (Wildman–Crippen MR) is 124 cm³/mol. The molecule has 0 fully saturated rings. The Balaban J connectivity index is 0.00000272. The lowest BCUT2D eigenvalue weighted by Gasteiger charge is -2.12. The van der Waals surface area contributed by atoms with Gasteiger partial charge in [0.05, 0.1) is 19.7 Å². The number of carbonyl (C=O) groups is 1. The Morgan fingerprint density at radius 3 is 2.16 bits per heavy atom. The molecule has 31 heavy (non-hydrogen) atoms. The van der Waals surface area contributed by atoms with Crippen molar-refractivity contribution in [3.05, 3.63) is 78.6 Å². The number of nitrogens with zero attached hydrogens (tertiary/aromatic N) is 2. The third-order valence-electron chi connectivity index (χ3n) is 4.58. The molecule has 0 atom stereocenters. The van der Waals surface area contributed by atoms with Gasteiger partial charge in [-0.05, 0) is 42.5 Å². The van der Waals surface area contributed by atoms with Crippen LogP contribution in [-0.2, 0) is 0 Å². The van der Waals surface area contributed by atoms with Crippen LogP contribution in [-0.4, -0.2) is 30.1 Å². The molecule has 158 valence electrons. The minimum absolute atomic E-state index is 0. The molecule has 0 unspecified atom stereocenters. The molecule has 1 heterocycles. The number of fused-ring (bicyclic) bond motifs is 1. The van der Waals surface area contributed by atoms with Crippen LogP contribution in [0.1, 0.15) is 10.4 Å². The van der Waals surface area contributed by atoms with Gasteiger partial charge in [-0.1, -0.05) is 18.2 Å². The molecule has 0 saturated heterocycles. The fourth-order valence-electron chi connectivity index (χ4n) is 3.05. The number of hydrogen-bond acceptors (Lipinski definition) is 6. The molecule has 0 saturated carbocycles. The first-order chi connectivity index (χ1) is 14.7. The molecule has 4 rings (SSSR count). The van der Waals surface area contributed by atoms with Gasteiger partial charge in [0, 0.05) is 28.4 Å². The zero-order valence-corrected chi connectivity index (χ0v) is 17.8. The van der Waals surface area contributed by atoms with E-state index in [2.05, 4.69) is 20.6 Å². The largest absolute Gasteiger partial charge is 0.493 e. The van der Waals surface area contributed by atoms with Gasteiger partial charge in [-0.3, -0.25) is 4.79 Å². The fraction of sp³-hybridized carbons (Fsp3) is 0.0870. The van der Waals surface area contributed by atoms with Gasteiger partial charge in [0.25, 0.3) is 5.91 Å². The first kappa shape index (κ1) is 21.9. The Morgan fingerprint density at radius 1 is 0.839 bits per heavy atom. The van der Waals surface area contributed by atoms with Crippen molar-refractivity contribution in [2.75, 3.05) is 24.9 Å². The van der Waals surface area contributed by atoms with Gasteiger partial charge in [-0.2, -0.15) is 0 Å². The lowest BCUT2D eigenvalue weighted by molar-refractivity contribution is 0.102. The summed E-state index contributed by atoms with van der Waals surface area (Å²) < 4.78 is 10.7. The molecular formula is C23H21ClN4O3. The van der Waals surface area contributed by atoms with Crippen LogP contribution in [0.5, 0.6) is 11.5 Å². The second-order valence-electron chi connectivity index (χ2n) is 6.47. The number of anilines is 3. The zero-order chi connectivity index (χ0) is 20.9. The van der Waals surface area contributed by atoms with Crippen LogP contribution in [0.25, 0.3) is 10.9 Å². The lowest BCUT2D eigenvalue weighted by atomic mass is 10.2. The minimum Gasteiger partial charge on any atom is -0.493 e. The highest BCUT2D eigenvalue weighted by atomic mass is 35.5. The molecule has 4 aromatic rings. The molecule has 0 bridgehead atoms. The third-order valence-corrected chi connectivity index (χ3v) is 4.58. The summed E-state index contributed by atoms with van der Waals surface area (Å²) in [5.41, 5.74) is 2.87. The van der Waals surface area contributed by atoms with Crippen LogP contribution < -0.4 is 20.1 Å². The number of ether oxygens (including phenoxy) is 2. The SMILES string of the molecule is COc1cc2ncnc(Nc3ccc(NC(=O)c4ccccc4)cc3)c2cc1OC.Cl. The molecule has 1 amide bonds. The normalized spacial score (nSPS) is 10.1. The molecular weight excluding hydrogens is 416 g/mol. The summed E-state index contributed by atoms with van der Waals surface area (Å²) in [6.07, 6.45) is 1.49. The lowest BCUT2D eigenvalue weighted by Crippen LogP contribution is -2.11. The summed E-state index contributed by atoms with van der Waals surface area (Å²) in [5.74, 6) is 1.69. The first-order valence-corrected chi connectivity index (χ1v) is 9.28. The van der Waals surface area contributed by atoms with Crippen molar-refractivity contribution < 1.29 is 14.3 Å². The van der Waals surface area contributed by atoms with E-state index in [0.717, 1.165) is 16.6 Å². The maximum absolute atomic E-state index is 12.3. The molecule has 2 N–H and O–H groups in total. The standard InChI is InChI=1S/C23H20N4O3.ClH/c1-29-20-12-18-19(13-21(20)30-2)24-14-25-22(18)26-16-8-10-17(11-9-16)27-23(28)15-6-4-3-5-7-15;/h3-14H,1-2H3,(H,27,28)(H,24,25,26);1H. The molecule has 7 nitrogen and oxygen atoms in total. The number of methoxy groups -OCH3 is 2. The van der Waals surface area contributed by atoms with Crippen molar-refractivity contribution in [3.8, 4) is 11.5 Å². The number of hydrogen-bond donors (Lipinski definition) is 2. The van der Waals surface area contributed by atoms with Gasteiger partial charge in [0.1, 0.15) is 12.1 Å². The van der Waals surface area contributed by atoms with Crippen LogP contribution in [0.4, 0.5) is 17.2 Å². The maximum Gasteiger partial charge on any atom is 0.255 e. The zero-order valence-electron chi connectivity index (χ0n) is 17.0. The maximum atomic E-state index is 12.3. The highest BCUT2D eigenvalue weighted by molar-refractivity contribution is 6.04. The van der Waals surface area contributed by atoms with Gasteiger partial charge in [-0.15, -0.1) is 12.4 Å². The van der Waals surface area contributed by atoms with E-state index in [0.29, 0.717) is 28.6 Å². The second-order valence-corrected chi connectivity index (χ2v) is 6.47. The van der Waals surface area contributed by atoms with Crippen molar-refractivity contribution >= 4 is 46.4 Å². The quantitative estimate of drug-likeness (QED) is 0.439. The van der Waals surface area contributed by atoms with Crippen molar-refractivity contribution in [1.29, 1.82) is 0 Å². The second kappa shape index (κ2) is 9.77. The van der Waals surface area contributed by atoms with E-state index < -0.39 is 0 Å². The summed E-state index contributed by atoms with van der Waals surface area (Å²) in [5, 5.41) is 6.97. The Hall–Kier alpha value is -3.84. The topological polar surface area (TPSA) is 85.4 Å². The molecule has 0 spiro atoms. The number of carbonyl (C=O) groups excluding carboxylic acids is 1. The first-order valence-electron chi connectivity index (χ1n) is 9.28. The molecule has 1 aromatic heterocycles. The van der Waals surface area contributed by atoms with E-state index in [1.165, 1.54) is 6.33 Å². The van der Waals surface area contributed by atoms with Crippen LogP contribution in [0.15, 0.2) is 73.1 Å². The molecule has 3 aromatic carbocycles. The number of rotatable bonds is 6. The Labute approximate surface area is 185 Å². The average Bonchev–Trinajstić information content (AvgIpc) is 2.80.